The van der Waals surface area contributed by atoms with Crippen LogP contribution >= 0.6 is 0 Å². The predicted molar refractivity (Wildman–Crippen MR) is 87.6 cm³/mol. The summed E-state index contributed by atoms with van der Waals surface area (Å²) in [6, 6.07) is 10.7. The minimum atomic E-state index is -0.793. The minimum absolute atomic E-state index is 0.361. The molecule has 1 amide bonds. The summed E-state index contributed by atoms with van der Waals surface area (Å²) in [5, 5.41) is 2.59. The standard InChI is InChI=1S/C18H18FNO4/c1-11-4-7-14(10-16(11)19)20-17(21)12(2)24-15-8-5-13(6-9-15)18(22)23-3/h4-10,12H,1-3H3,(H,20,21). The molecule has 0 radical (unpaired) electrons. The van der Waals surface area contributed by atoms with Crippen LogP contribution in [-0.2, 0) is 9.53 Å². The Labute approximate surface area is 139 Å². The number of carbonyl (C=O) groups is 2. The molecule has 0 saturated carbocycles. The zero-order chi connectivity index (χ0) is 17.7. The number of hydrogen-bond donors (Lipinski definition) is 1. The van der Waals surface area contributed by atoms with Crippen molar-refractivity contribution in [1.29, 1.82) is 0 Å². The average Bonchev–Trinajstić information content (AvgIpc) is 2.58. The predicted octanol–water partition coefficient (Wildman–Crippen LogP) is 3.33. The van der Waals surface area contributed by atoms with Crippen molar-refractivity contribution in [2.75, 3.05) is 12.4 Å². The lowest BCUT2D eigenvalue weighted by atomic mass is 10.2. The Morgan fingerprint density at radius 1 is 1.12 bits per heavy atom. The Kier molecular flexibility index (Phi) is 5.52. The van der Waals surface area contributed by atoms with E-state index in [1.54, 1.807) is 50.2 Å². The highest BCUT2D eigenvalue weighted by molar-refractivity contribution is 5.94. The Balaban J connectivity index is 1.98. The summed E-state index contributed by atoms with van der Waals surface area (Å²) >= 11 is 0. The summed E-state index contributed by atoms with van der Waals surface area (Å²) in [6.45, 7) is 3.22. The van der Waals surface area contributed by atoms with Gasteiger partial charge in [0, 0.05) is 5.69 Å². The molecule has 0 saturated heterocycles. The van der Waals surface area contributed by atoms with Crippen molar-refractivity contribution in [1.82, 2.24) is 0 Å². The Bertz CT molecular complexity index is 743. The van der Waals surface area contributed by atoms with Crippen molar-refractivity contribution in [2.45, 2.75) is 20.0 Å². The second-order valence-electron chi connectivity index (χ2n) is 5.23. The third-order valence-electron chi connectivity index (χ3n) is 3.40. The van der Waals surface area contributed by atoms with Crippen LogP contribution < -0.4 is 10.1 Å². The molecule has 1 atom stereocenters. The van der Waals surface area contributed by atoms with Gasteiger partial charge in [-0.3, -0.25) is 4.79 Å². The summed E-state index contributed by atoms with van der Waals surface area (Å²) in [7, 11) is 1.30. The molecule has 5 nitrogen and oxygen atoms in total. The van der Waals surface area contributed by atoms with Gasteiger partial charge in [0.25, 0.3) is 5.91 Å². The third-order valence-corrected chi connectivity index (χ3v) is 3.40. The van der Waals surface area contributed by atoms with Crippen LogP contribution in [0.15, 0.2) is 42.5 Å². The van der Waals surface area contributed by atoms with Crippen LogP contribution in [0.5, 0.6) is 5.75 Å². The number of esters is 1. The van der Waals surface area contributed by atoms with Gasteiger partial charge < -0.3 is 14.8 Å². The van der Waals surface area contributed by atoms with Crippen LogP contribution in [0.25, 0.3) is 0 Å². The fourth-order valence-electron chi connectivity index (χ4n) is 1.96. The largest absolute Gasteiger partial charge is 0.481 e. The van der Waals surface area contributed by atoms with Crippen molar-refractivity contribution >= 4 is 17.6 Å². The Hall–Kier alpha value is -2.89. The number of benzene rings is 2. The first-order valence-corrected chi connectivity index (χ1v) is 7.32. The molecular weight excluding hydrogens is 313 g/mol. The molecule has 0 spiro atoms. The highest BCUT2D eigenvalue weighted by atomic mass is 19.1. The van der Waals surface area contributed by atoms with E-state index in [1.807, 2.05) is 0 Å². The van der Waals surface area contributed by atoms with Gasteiger partial charge in [-0.25, -0.2) is 9.18 Å². The smallest absolute Gasteiger partial charge is 0.337 e. The summed E-state index contributed by atoms with van der Waals surface area (Å²) < 4.78 is 23.6. The monoisotopic (exact) mass is 331 g/mol. The molecule has 2 aromatic rings. The van der Waals surface area contributed by atoms with E-state index in [-0.39, 0.29) is 5.82 Å². The molecule has 2 aromatic carbocycles. The first-order chi connectivity index (χ1) is 11.4. The van der Waals surface area contributed by atoms with E-state index in [4.69, 9.17) is 4.74 Å². The molecule has 0 bridgehead atoms. The molecule has 2 rings (SSSR count). The van der Waals surface area contributed by atoms with Crippen molar-refractivity contribution in [3.8, 4) is 5.75 Å². The molecule has 1 N–H and O–H groups in total. The van der Waals surface area contributed by atoms with Crippen molar-refractivity contribution in [3.05, 3.63) is 59.4 Å². The maximum absolute atomic E-state index is 13.5. The SMILES string of the molecule is COC(=O)c1ccc(OC(C)C(=O)Nc2ccc(C)c(F)c2)cc1. The summed E-state index contributed by atoms with van der Waals surface area (Å²) in [5.74, 6) is -0.816. The average molecular weight is 331 g/mol. The van der Waals surface area contributed by atoms with Crippen LogP contribution in [0, 0.1) is 12.7 Å². The molecule has 0 aliphatic heterocycles. The number of rotatable bonds is 5. The van der Waals surface area contributed by atoms with Crippen molar-refractivity contribution in [2.24, 2.45) is 0 Å². The lowest BCUT2D eigenvalue weighted by molar-refractivity contribution is -0.122. The fourth-order valence-corrected chi connectivity index (χ4v) is 1.96. The first kappa shape index (κ1) is 17.5. The highest BCUT2D eigenvalue weighted by Crippen LogP contribution is 2.17. The van der Waals surface area contributed by atoms with E-state index in [1.165, 1.54) is 13.2 Å². The zero-order valence-electron chi connectivity index (χ0n) is 13.6. The molecule has 1 unspecified atom stereocenters. The Morgan fingerprint density at radius 3 is 2.38 bits per heavy atom. The quantitative estimate of drug-likeness (QED) is 0.854. The van der Waals surface area contributed by atoms with Gasteiger partial charge in [-0.2, -0.15) is 0 Å². The molecule has 0 aliphatic carbocycles. The molecule has 0 heterocycles. The number of amides is 1. The normalized spacial score (nSPS) is 11.5. The van der Waals surface area contributed by atoms with Gasteiger partial charge in [0.05, 0.1) is 12.7 Å². The molecule has 0 aromatic heterocycles. The van der Waals surface area contributed by atoms with Gasteiger partial charge >= 0.3 is 5.97 Å². The van der Waals surface area contributed by atoms with Gasteiger partial charge in [0.1, 0.15) is 11.6 Å². The number of ether oxygens (including phenoxy) is 2. The first-order valence-electron chi connectivity index (χ1n) is 7.32. The highest BCUT2D eigenvalue weighted by Gasteiger charge is 2.16. The van der Waals surface area contributed by atoms with Crippen LogP contribution in [-0.4, -0.2) is 25.1 Å². The number of nitrogens with one attached hydrogen (secondary N) is 1. The van der Waals surface area contributed by atoms with E-state index >= 15 is 0 Å². The zero-order valence-corrected chi connectivity index (χ0v) is 13.6. The van der Waals surface area contributed by atoms with Gasteiger partial charge in [-0.05, 0) is 55.8 Å². The minimum Gasteiger partial charge on any atom is -0.481 e. The van der Waals surface area contributed by atoms with Gasteiger partial charge in [-0.15, -0.1) is 0 Å². The topological polar surface area (TPSA) is 64.6 Å². The third kappa shape index (κ3) is 4.32. The molecule has 126 valence electrons. The van der Waals surface area contributed by atoms with E-state index < -0.39 is 18.0 Å². The van der Waals surface area contributed by atoms with Gasteiger partial charge in [0.15, 0.2) is 6.10 Å². The van der Waals surface area contributed by atoms with Gasteiger partial charge in [-0.1, -0.05) is 6.07 Å². The fraction of sp³-hybridized carbons (Fsp3) is 0.222. The second-order valence-corrected chi connectivity index (χ2v) is 5.23. The lowest BCUT2D eigenvalue weighted by Gasteiger charge is -2.15. The maximum atomic E-state index is 13.5. The van der Waals surface area contributed by atoms with E-state index in [9.17, 15) is 14.0 Å². The van der Waals surface area contributed by atoms with Crippen LogP contribution in [0.3, 0.4) is 0 Å². The van der Waals surface area contributed by atoms with Crippen LogP contribution in [0.2, 0.25) is 0 Å². The molecule has 6 heteroatoms. The van der Waals surface area contributed by atoms with Crippen LogP contribution in [0.4, 0.5) is 10.1 Å². The van der Waals surface area contributed by atoms with E-state index in [0.717, 1.165) is 0 Å². The molecule has 0 aliphatic rings. The molecule has 0 fully saturated rings. The maximum Gasteiger partial charge on any atom is 0.337 e. The van der Waals surface area contributed by atoms with Gasteiger partial charge in [0.2, 0.25) is 0 Å². The number of anilines is 1. The lowest BCUT2D eigenvalue weighted by Crippen LogP contribution is -2.30. The van der Waals surface area contributed by atoms with E-state index in [0.29, 0.717) is 22.6 Å². The summed E-state index contributed by atoms with van der Waals surface area (Å²) in [5.41, 5.74) is 1.25. The van der Waals surface area contributed by atoms with Crippen molar-refractivity contribution in [3.63, 3.8) is 0 Å². The molecule has 24 heavy (non-hydrogen) atoms. The van der Waals surface area contributed by atoms with Crippen LogP contribution in [0.1, 0.15) is 22.8 Å². The number of methoxy groups -OCH3 is 1. The molecular formula is C18H18FNO4. The van der Waals surface area contributed by atoms with Crippen molar-refractivity contribution < 1.29 is 23.5 Å². The second kappa shape index (κ2) is 7.59. The number of carbonyl (C=O) groups excluding carboxylic acids is 2. The number of hydrogen-bond acceptors (Lipinski definition) is 4. The number of halogens is 1. The summed E-state index contributed by atoms with van der Waals surface area (Å²) in [4.78, 5) is 23.5. The number of aryl methyl sites for hydroxylation is 1. The Morgan fingerprint density at radius 2 is 1.79 bits per heavy atom. The summed E-state index contributed by atoms with van der Waals surface area (Å²) in [6.07, 6.45) is -0.793. The van der Waals surface area contributed by atoms with E-state index in [2.05, 4.69) is 10.1 Å².